The SMILES string of the molecule is Nc1cccc(Oc2nc(Cl)nc3ccccc23)c1. The third-order valence-electron chi connectivity index (χ3n) is 2.61. The van der Waals surface area contributed by atoms with Crippen LogP contribution in [0.1, 0.15) is 0 Å². The van der Waals surface area contributed by atoms with E-state index in [9.17, 15) is 0 Å². The van der Waals surface area contributed by atoms with Crippen molar-refractivity contribution >= 4 is 28.2 Å². The largest absolute Gasteiger partial charge is 0.438 e. The van der Waals surface area contributed by atoms with Crippen molar-refractivity contribution in [2.24, 2.45) is 0 Å². The second-order valence-corrected chi connectivity index (χ2v) is 4.33. The van der Waals surface area contributed by atoms with Gasteiger partial charge in [0.2, 0.25) is 11.2 Å². The minimum absolute atomic E-state index is 0.151. The third kappa shape index (κ3) is 2.44. The van der Waals surface area contributed by atoms with Crippen LogP contribution < -0.4 is 10.5 Å². The first-order valence-electron chi connectivity index (χ1n) is 5.68. The molecule has 19 heavy (non-hydrogen) atoms. The van der Waals surface area contributed by atoms with Crippen molar-refractivity contribution in [1.82, 2.24) is 9.97 Å². The van der Waals surface area contributed by atoms with Gasteiger partial charge < -0.3 is 10.5 Å². The number of rotatable bonds is 2. The van der Waals surface area contributed by atoms with Crippen molar-refractivity contribution in [3.63, 3.8) is 0 Å². The zero-order valence-electron chi connectivity index (χ0n) is 9.88. The maximum absolute atomic E-state index is 5.89. The molecule has 2 N–H and O–H groups in total. The van der Waals surface area contributed by atoms with E-state index >= 15 is 0 Å². The summed E-state index contributed by atoms with van der Waals surface area (Å²) in [7, 11) is 0. The molecule has 0 saturated carbocycles. The van der Waals surface area contributed by atoms with E-state index in [1.807, 2.05) is 30.3 Å². The van der Waals surface area contributed by atoms with Crippen LogP contribution in [0.3, 0.4) is 0 Å². The van der Waals surface area contributed by atoms with Gasteiger partial charge in [0.05, 0.1) is 10.9 Å². The zero-order valence-corrected chi connectivity index (χ0v) is 10.6. The predicted molar refractivity (Wildman–Crippen MR) is 75.5 cm³/mol. The number of ether oxygens (including phenoxy) is 1. The Morgan fingerprint density at radius 2 is 1.84 bits per heavy atom. The molecule has 2 aromatic carbocycles. The number of aromatic nitrogens is 2. The highest BCUT2D eigenvalue weighted by molar-refractivity contribution is 6.28. The maximum atomic E-state index is 5.89. The van der Waals surface area contributed by atoms with Gasteiger partial charge in [-0.3, -0.25) is 0 Å². The monoisotopic (exact) mass is 271 g/mol. The van der Waals surface area contributed by atoms with E-state index in [0.29, 0.717) is 17.3 Å². The lowest BCUT2D eigenvalue weighted by molar-refractivity contribution is 0.468. The Labute approximate surface area is 114 Å². The fourth-order valence-corrected chi connectivity index (χ4v) is 1.96. The molecule has 3 rings (SSSR count). The Bertz CT molecular complexity index is 746. The van der Waals surface area contributed by atoms with Crippen molar-refractivity contribution in [3.05, 3.63) is 53.8 Å². The summed E-state index contributed by atoms with van der Waals surface area (Å²) in [5.41, 5.74) is 7.08. The summed E-state index contributed by atoms with van der Waals surface area (Å²) >= 11 is 5.89. The van der Waals surface area contributed by atoms with Crippen LogP contribution >= 0.6 is 11.6 Å². The Hall–Kier alpha value is -2.33. The fourth-order valence-electron chi connectivity index (χ4n) is 1.79. The van der Waals surface area contributed by atoms with Gasteiger partial charge in [-0.2, -0.15) is 4.98 Å². The van der Waals surface area contributed by atoms with Crippen LogP contribution in [0.15, 0.2) is 48.5 Å². The standard InChI is InChI=1S/C14H10ClN3O/c15-14-17-12-7-2-1-6-11(12)13(18-14)19-10-5-3-4-9(16)8-10/h1-8H,16H2. The molecule has 1 aromatic heterocycles. The molecule has 94 valence electrons. The molecule has 0 bridgehead atoms. The lowest BCUT2D eigenvalue weighted by Crippen LogP contribution is -1.93. The number of nitrogen functional groups attached to an aromatic ring is 1. The molecule has 0 atom stereocenters. The minimum atomic E-state index is 0.151. The van der Waals surface area contributed by atoms with Crippen molar-refractivity contribution in [3.8, 4) is 11.6 Å². The Balaban J connectivity index is 2.09. The van der Waals surface area contributed by atoms with Crippen molar-refractivity contribution in [2.75, 3.05) is 5.73 Å². The second-order valence-electron chi connectivity index (χ2n) is 3.99. The Morgan fingerprint density at radius 3 is 2.68 bits per heavy atom. The molecular formula is C14H10ClN3O. The minimum Gasteiger partial charge on any atom is -0.438 e. The molecule has 0 unspecified atom stereocenters. The number of nitrogens with zero attached hydrogens (tertiary/aromatic N) is 2. The van der Waals surface area contributed by atoms with Gasteiger partial charge in [0.1, 0.15) is 5.75 Å². The van der Waals surface area contributed by atoms with Gasteiger partial charge in [-0.15, -0.1) is 0 Å². The first-order chi connectivity index (χ1) is 9.22. The summed E-state index contributed by atoms with van der Waals surface area (Å²) in [6, 6.07) is 14.7. The molecule has 0 radical (unpaired) electrons. The Morgan fingerprint density at radius 1 is 1.00 bits per heavy atom. The van der Waals surface area contributed by atoms with Gasteiger partial charge in [-0.1, -0.05) is 18.2 Å². The summed E-state index contributed by atoms with van der Waals surface area (Å²) in [6.45, 7) is 0. The summed E-state index contributed by atoms with van der Waals surface area (Å²) in [6.07, 6.45) is 0. The molecule has 0 aliphatic carbocycles. The highest BCUT2D eigenvalue weighted by Gasteiger charge is 2.08. The molecule has 0 aliphatic rings. The molecule has 0 fully saturated rings. The number of anilines is 1. The van der Waals surface area contributed by atoms with Gasteiger partial charge in [0, 0.05) is 11.8 Å². The van der Waals surface area contributed by atoms with Gasteiger partial charge in [-0.05, 0) is 35.9 Å². The van der Waals surface area contributed by atoms with E-state index in [-0.39, 0.29) is 5.28 Å². The second kappa shape index (κ2) is 4.74. The number of benzene rings is 2. The zero-order chi connectivity index (χ0) is 13.2. The summed E-state index contributed by atoms with van der Waals surface area (Å²) in [5.74, 6) is 1.03. The topological polar surface area (TPSA) is 61.0 Å². The van der Waals surface area contributed by atoms with Crippen LogP contribution in [0.5, 0.6) is 11.6 Å². The molecule has 0 spiro atoms. The maximum Gasteiger partial charge on any atom is 0.231 e. The van der Waals surface area contributed by atoms with E-state index < -0.39 is 0 Å². The number of hydrogen-bond donors (Lipinski definition) is 1. The molecule has 0 amide bonds. The highest BCUT2D eigenvalue weighted by atomic mass is 35.5. The highest BCUT2D eigenvalue weighted by Crippen LogP contribution is 2.28. The number of hydrogen-bond acceptors (Lipinski definition) is 4. The number of para-hydroxylation sites is 1. The number of nitrogens with two attached hydrogens (primary N) is 1. The third-order valence-corrected chi connectivity index (χ3v) is 2.78. The van der Waals surface area contributed by atoms with Crippen LogP contribution in [0.25, 0.3) is 10.9 Å². The average Bonchev–Trinajstić information content (AvgIpc) is 2.38. The first-order valence-corrected chi connectivity index (χ1v) is 6.06. The van der Waals surface area contributed by atoms with Crippen molar-refractivity contribution in [2.45, 2.75) is 0 Å². The fraction of sp³-hybridized carbons (Fsp3) is 0. The van der Waals surface area contributed by atoms with Gasteiger partial charge in [0.25, 0.3) is 0 Å². The normalized spacial score (nSPS) is 10.6. The van der Waals surface area contributed by atoms with Crippen LogP contribution in [-0.2, 0) is 0 Å². The lowest BCUT2D eigenvalue weighted by atomic mass is 10.2. The van der Waals surface area contributed by atoms with Crippen LogP contribution in [-0.4, -0.2) is 9.97 Å². The lowest BCUT2D eigenvalue weighted by Gasteiger charge is -2.08. The van der Waals surface area contributed by atoms with Crippen LogP contribution in [0.4, 0.5) is 5.69 Å². The molecular weight excluding hydrogens is 262 g/mol. The van der Waals surface area contributed by atoms with E-state index in [0.717, 1.165) is 10.9 Å². The smallest absolute Gasteiger partial charge is 0.231 e. The predicted octanol–water partition coefficient (Wildman–Crippen LogP) is 3.66. The average molecular weight is 272 g/mol. The van der Waals surface area contributed by atoms with E-state index in [1.165, 1.54) is 0 Å². The van der Waals surface area contributed by atoms with E-state index in [4.69, 9.17) is 22.1 Å². The molecule has 1 heterocycles. The van der Waals surface area contributed by atoms with E-state index in [1.54, 1.807) is 18.2 Å². The quantitative estimate of drug-likeness (QED) is 0.571. The van der Waals surface area contributed by atoms with Crippen molar-refractivity contribution in [1.29, 1.82) is 0 Å². The van der Waals surface area contributed by atoms with Crippen LogP contribution in [0.2, 0.25) is 5.28 Å². The van der Waals surface area contributed by atoms with Gasteiger partial charge >= 0.3 is 0 Å². The summed E-state index contributed by atoms with van der Waals surface area (Å²) < 4.78 is 5.74. The molecule has 4 nitrogen and oxygen atoms in total. The summed E-state index contributed by atoms with van der Waals surface area (Å²) in [5, 5.41) is 0.951. The number of halogens is 1. The van der Waals surface area contributed by atoms with Gasteiger partial charge in [-0.25, -0.2) is 4.98 Å². The van der Waals surface area contributed by atoms with Crippen LogP contribution in [0, 0.1) is 0 Å². The molecule has 3 aromatic rings. The van der Waals surface area contributed by atoms with Crippen molar-refractivity contribution < 1.29 is 4.74 Å². The first kappa shape index (κ1) is 11.7. The molecule has 0 aliphatic heterocycles. The summed E-state index contributed by atoms with van der Waals surface area (Å²) in [4.78, 5) is 8.26. The molecule has 5 heteroatoms. The Kier molecular flexibility index (Phi) is 2.93. The van der Waals surface area contributed by atoms with E-state index in [2.05, 4.69) is 9.97 Å². The molecule has 0 saturated heterocycles. The van der Waals surface area contributed by atoms with Gasteiger partial charge in [0.15, 0.2) is 0 Å². The number of fused-ring (bicyclic) bond motifs is 1.